The molecule has 1 amide bonds. The molecule has 0 bridgehead atoms. The largest absolute Gasteiger partial charge is 0.494 e. The van der Waals surface area contributed by atoms with E-state index in [9.17, 15) is 14.9 Å². The van der Waals surface area contributed by atoms with Gasteiger partial charge in [-0.1, -0.05) is 29.8 Å². The Morgan fingerprint density at radius 2 is 1.79 bits per heavy atom. The molecular formula is C26H30ClN7O5. The number of amides is 1. The number of benzene rings is 2. The minimum Gasteiger partial charge on any atom is -0.494 e. The molecule has 13 heteroatoms. The summed E-state index contributed by atoms with van der Waals surface area (Å²) in [5, 5.41) is 18.5. The Labute approximate surface area is 231 Å². The smallest absolute Gasteiger partial charge is 0.410 e. The molecule has 0 atom stereocenters. The van der Waals surface area contributed by atoms with Crippen LogP contribution >= 0.6 is 11.6 Å². The van der Waals surface area contributed by atoms with Gasteiger partial charge in [-0.2, -0.15) is 4.98 Å². The zero-order chi connectivity index (χ0) is 28.2. The van der Waals surface area contributed by atoms with Crippen molar-refractivity contribution in [2.45, 2.75) is 26.4 Å². The van der Waals surface area contributed by atoms with Crippen molar-refractivity contribution in [1.29, 1.82) is 0 Å². The molecular weight excluding hydrogens is 526 g/mol. The number of carbonyl (C=O) groups excluding carboxylic acids is 1. The molecule has 1 aliphatic rings. The van der Waals surface area contributed by atoms with Crippen LogP contribution in [0.4, 0.5) is 39.3 Å². The number of carbonyl (C=O) groups is 1. The van der Waals surface area contributed by atoms with Gasteiger partial charge in [0.1, 0.15) is 22.1 Å². The van der Waals surface area contributed by atoms with E-state index in [-0.39, 0.29) is 11.6 Å². The predicted octanol–water partition coefficient (Wildman–Crippen LogP) is 5.59. The Hall–Kier alpha value is -4.32. The SMILES string of the molecule is COc1cc(N2CCN(C(=O)OC(C)(C)C)CC2)c([N+](=O)[O-])cc1Nc1ncc(Cl)c(Nc2ccccc2)n1. The van der Waals surface area contributed by atoms with Crippen LogP contribution in [0, 0.1) is 10.1 Å². The maximum Gasteiger partial charge on any atom is 0.410 e. The normalized spacial score (nSPS) is 13.6. The highest BCUT2D eigenvalue weighted by Crippen LogP contribution is 2.40. The number of methoxy groups -OCH3 is 1. The average molecular weight is 556 g/mol. The highest BCUT2D eigenvalue weighted by molar-refractivity contribution is 6.32. The van der Waals surface area contributed by atoms with Crippen molar-refractivity contribution >= 4 is 52.2 Å². The van der Waals surface area contributed by atoms with Gasteiger partial charge in [-0.3, -0.25) is 10.1 Å². The fourth-order valence-electron chi connectivity index (χ4n) is 3.97. The molecule has 2 heterocycles. The molecule has 0 radical (unpaired) electrons. The van der Waals surface area contributed by atoms with E-state index in [4.69, 9.17) is 21.1 Å². The highest BCUT2D eigenvalue weighted by Gasteiger charge is 2.30. The van der Waals surface area contributed by atoms with Crippen LogP contribution in [0.3, 0.4) is 0 Å². The molecule has 0 unspecified atom stereocenters. The fourth-order valence-corrected chi connectivity index (χ4v) is 4.11. The standard InChI is InChI=1S/C26H30ClN7O5/c1-26(2,3)39-25(35)33-12-10-32(11-13-33)20-15-22(38-4)19(14-21(20)34(36)37)30-24-28-16-18(27)23(31-24)29-17-8-6-5-7-9-17/h5-9,14-16H,10-13H2,1-4H3,(H2,28,29,30,31). The molecule has 0 aliphatic carbocycles. The van der Waals surface area contributed by atoms with Crippen LogP contribution in [0.15, 0.2) is 48.7 Å². The number of piperazine rings is 1. The third-order valence-corrected chi connectivity index (χ3v) is 6.07. The summed E-state index contributed by atoms with van der Waals surface area (Å²) in [6.07, 6.45) is 1.03. The summed E-state index contributed by atoms with van der Waals surface area (Å²) in [6, 6.07) is 12.4. The molecule has 1 fully saturated rings. The fraction of sp³-hybridized carbons (Fsp3) is 0.346. The molecule has 0 spiro atoms. The number of anilines is 5. The molecule has 1 saturated heterocycles. The van der Waals surface area contributed by atoms with E-state index in [1.165, 1.54) is 19.4 Å². The lowest BCUT2D eigenvalue weighted by Crippen LogP contribution is -2.50. The Balaban J connectivity index is 1.55. The zero-order valence-electron chi connectivity index (χ0n) is 22.1. The van der Waals surface area contributed by atoms with Crippen molar-refractivity contribution in [1.82, 2.24) is 14.9 Å². The van der Waals surface area contributed by atoms with Crippen molar-refractivity contribution in [2.75, 3.05) is 48.8 Å². The molecule has 0 saturated carbocycles. The Morgan fingerprint density at radius 3 is 2.41 bits per heavy atom. The quantitative estimate of drug-likeness (QED) is 0.280. The van der Waals surface area contributed by atoms with Crippen molar-refractivity contribution < 1.29 is 19.2 Å². The van der Waals surface area contributed by atoms with Gasteiger partial charge in [0.05, 0.1) is 23.9 Å². The van der Waals surface area contributed by atoms with Crippen molar-refractivity contribution in [3.05, 3.63) is 63.8 Å². The monoisotopic (exact) mass is 555 g/mol. The maximum absolute atomic E-state index is 12.4. The van der Waals surface area contributed by atoms with Gasteiger partial charge in [0.15, 0.2) is 5.82 Å². The number of hydrogen-bond acceptors (Lipinski definition) is 10. The van der Waals surface area contributed by atoms with Gasteiger partial charge in [0.25, 0.3) is 5.69 Å². The van der Waals surface area contributed by atoms with Crippen molar-refractivity contribution in [3.63, 3.8) is 0 Å². The van der Waals surface area contributed by atoms with E-state index in [2.05, 4.69) is 20.6 Å². The van der Waals surface area contributed by atoms with E-state index < -0.39 is 16.6 Å². The minimum absolute atomic E-state index is 0.124. The van der Waals surface area contributed by atoms with Gasteiger partial charge in [-0.05, 0) is 32.9 Å². The van der Waals surface area contributed by atoms with Crippen LogP contribution in [0.1, 0.15) is 20.8 Å². The molecule has 206 valence electrons. The molecule has 1 aliphatic heterocycles. The first kappa shape index (κ1) is 27.7. The number of aromatic nitrogens is 2. The van der Waals surface area contributed by atoms with Gasteiger partial charge in [0, 0.05) is 44.0 Å². The van der Waals surface area contributed by atoms with Crippen LogP contribution in [-0.2, 0) is 4.74 Å². The third kappa shape index (κ3) is 6.96. The van der Waals surface area contributed by atoms with Gasteiger partial charge in [-0.25, -0.2) is 9.78 Å². The number of nitro groups is 1. The molecule has 4 rings (SSSR count). The number of ether oxygens (including phenoxy) is 2. The first-order valence-electron chi connectivity index (χ1n) is 12.2. The van der Waals surface area contributed by atoms with Crippen LogP contribution in [0.25, 0.3) is 0 Å². The Bertz CT molecular complexity index is 1340. The zero-order valence-corrected chi connectivity index (χ0v) is 22.9. The van der Waals surface area contributed by atoms with Crippen LogP contribution < -0.4 is 20.3 Å². The second-order valence-electron chi connectivity index (χ2n) is 9.76. The van der Waals surface area contributed by atoms with Crippen LogP contribution in [0.2, 0.25) is 5.02 Å². The number of rotatable bonds is 7. The average Bonchev–Trinajstić information content (AvgIpc) is 2.90. The Kier molecular flexibility index (Phi) is 8.24. The second kappa shape index (κ2) is 11.6. The molecule has 3 aromatic rings. The topological polar surface area (TPSA) is 135 Å². The maximum atomic E-state index is 12.4. The predicted molar refractivity (Wildman–Crippen MR) is 150 cm³/mol. The summed E-state index contributed by atoms with van der Waals surface area (Å²) in [4.78, 5) is 36.1. The molecule has 2 aromatic carbocycles. The summed E-state index contributed by atoms with van der Waals surface area (Å²) < 4.78 is 11.0. The van der Waals surface area contributed by atoms with Crippen LogP contribution in [-0.4, -0.2) is 64.8 Å². The number of nitrogens with one attached hydrogen (secondary N) is 2. The van der Waals surface area contributed by atoms with E-state index in [0.717, 1.165) is 5.69 Å². The molecule has 2 N–H and O–H groups in total. The van der Waals surface area contributed by atoms with Gasteiger partial charge < -0.3 is 29.9 Å². The molecule has 1 aromatic heterocycles. The summed E-state index contributed by atoms with van der Waals surface area (Å²) in [5.41, 5.74) is 0.757. The third-order valence-electron chi connectivity index (χ3n) is 5.79. The van der Waals surface area contributed by atoms with E-state index in [1.807, 2.05) is 56.0 Å². The number of nitrogens with zero attached hydrogens (tertiary/aromatic N) is 5. The minimum atomic E-state index is -0.602. The molecule has 39 heavy (non-hydrogen) atoms. The second-order valence-corrected chi connectivity index (χ2v) is 10.2. The Morgan fingerprint density at radius 1 is 1.10 bits per heavy atom. The number of para-hydroxylation sites is 1. The van der Waals surface area contributed by atoms with Gasteiger partial charge >= 0.3 is 6.09 Å². The van der Waals surface area contributed by atoms with Crippen LogP contribution in [0.5, 0.6) is 5.75 Å². The summed E-state index contributed by atoms with van der Waals surface area (Å²) in [6.45, 7) is 6.94. The summed E-state index contributed by atoms with van der Waals surface area (Å²) >= 11 is 6.28. The summed E-state index contributed by atoms with van der Waals surface area (Å²) in [5.74, 6) is 0.902. The number of nitro benzene ring substituents is 1. The van der Waals surface area contributed by atoms with Crippen molar-refractivity contribution in [2.24, 2.45) is 0 Å². The molecule has 12 nitrogen and oxygen atoms in total. The van der Waals surface area contributed by atoms with Gasteiger partial charge in [0.2, 0.25) is 5.95 Å². The van der Waals surface area contributed by atoms with E-state index in [1.54, 1.807) is 11.0 Å². The summed E-state index contributed by atoms with van der Waals surface area (Å²) in [7, 11) is 1.47. The highest BCUT2D eigenvalue weighted by atomic mass is 35.5. The van der Waals surface area contributed by atoms with E-state index >= 15 is 0 Å². The first-order chi connectivity index (χ1) is 18.5. The lowest BCUT2D eigenvalue weighted by Gasteiger charge is -2.36. The van der Waals surface area contributed by atoms with Crippen molar-refractivity contribution in [3.8, 4) is 5.75 Å². The van der Waals surface area contributed by atoms with E-state index in [0.29, 0.717) is 54.1 Å². The first-order valence-corrected chi connectivity index (χ1v) is 12.6. The lowest BCUT2D eigenvalue weighted by atomic mass is 10.1. The van der Waals surface area contributed by atoms with Gasteiger partial charge in [-0.15, -0.1) is 0 Å². The lowest BCUT2D eigenvalue weighted by molar-refractivity contribution is -0.384. The number of hydrogen-bond donors (Lipinski definition) is 2. The number of halogens is 1.